The summed E-state index contributed by atoms with van der Waals surface area (Å²) in [6, 6.07) is 11.2. The highest BCUT2D eigenvalue weighted by molar-refractivity contribution is 5.98. The molecule has 1 atom stereocenters. The molecule has 1 aliphatic heterocycles. The lowest BCUT2D eigenvalue weighted by Crippen LogP contribution is -2.56. The summed E-state index contributed by atoms with van der Waals surface area (Å²) in [6.45, 7) is 1.96. The molecule has 6 nitrogen and oxygen atoms in total. The summed E-state index contributed by atoms with van der Waals surface area (Å²) in [4.78, 5) is 25.5. The van der Waals surface area contributed by atoms with E-state index in [2.05, 4.69) is 0 Å². The smallest absolute Gasteiger partial charge is 0.337 e. The van der Waals surface area contributed by atoms with E-state index >= 15 is 0 Å². The van der Waals surface area contributed by atoms with Crippen LogP contribution in [0.2, 0.25) is 0 Å². The van der Waals surface area contributed by atoms with Gasteiger partial charge in [0.2, 0.25) is 0 Å². The van der Waals surface area contributed by atoms with E-state index in [1.807, 2.05) is 30.3 Å². The molecular weight excluding hydrogens is 298 g/mol. The Kier molecular flexibility index (Phi) is 3.92. The molecule has 0 saturated carbocycles. The highest BCUT2D eigenvalue weighted by Crippen LogP contribution is 2.27. The van der Waals surface area contributed by atoms with Crippen molar-refractivity contribution in [3.8, 4) is 11.1 Å². The lowest BCUT2D eigenvalue weighted by atomic mass is 10.0. The Balaban J connectivity index is 1.87. The average Bonchev–Trinajstić information content (AvgIpc) is 3.04. The van der Waals surface area contributed by atoms with Gasteiger partial charge in [0.05, 0.1) is 19.4 Å². The van der Waals surface area contributed by atoms with Crippen molar-refractivity contribution >= 4 is 11.9 Å². The van der Waals surface area contributed by atoms with Crippen molar-refractivity contribution < 1.29 is 23.8 Å². The lowest BCUT2D eigenvalue weighted by molar-refractivity contribution is -0.171. The minimum Gasteiger partial charge on any atom is -0.479 e. The molecule has 2 heterocycles. The number of furan rings is 1. The second-order valence-electron chi connectivity index (χ2n) is 5.64. The number of aliphatic carboxylic acids is 1. The molecule has 1 aromatic carbocycles. The third kappa shape index (κ3) is 2.85. The van der Waals surface area contributed by atoms with Crippen molar-refractivity contribution in [1.29, 1.82) is 0 Å². The molecule has 1 N–H and O–H groups in total. The van der Waals surface area contributed by atoms with Crippen LogP contribution in [0, 0.1) is 0 Å². The monoisotopic (exact) mass is 315 g/mol. The molecule has 1 fully saturated rings. The van der Waals surface area contributed by atoms with Gasteiger partial charge in [0, 0.05) is 12.1 Å². The average molecular weight is 315 g/mol. The van der Waals surface area contributed by atoms with Gasteiger partial charge in [-0.2, -0.15) is 0 Å². The molecule has 23 heavy (non-hydrogen) atoms. The fraction of sp³-hybridized carbons (Fsp3) is 0.294. The second-order valence-corrected chi connectivity index (χ2v) is 5.64. The van der Waals surface area contributed by atoms with Gasteiger partial charge in [-0.1, -0.05) is 30.3 Å². The van der Waals surface area contributed by atoms with Crippen molar-refractivity contribution in [3.63, 3.8) is 0 Å². The summed E-state index contributed by atoms with van der Waals surface area (Å²) in [5, 5.41) is 9.27. The van der Waals surface area contributed by atoms with E-state index in [4.69, 9.17) is 9.15 Å². The third-order valence-corrected chi connectivity index (χ3v) is 3.96. The molecule has 3 rings (SSSR count). The van der Waals surface area contributed by atoms with Gasteiger partial charge in [0.15, 0.2) is 11.4 Å². The first kappa shape index (κ1) is 15.3. The fourth-order valence-corrected chi connectivity index (χ4v) is 2.64. The second kappa shape index (κ2) is 5.89. The zero-order chi connectivity index (χ0) is 16.4. The molecule has 2 aromatic rings. The number of hydrogen-bond donors (Lipinski definition) is 1. The maximum atomic E-state index is 12.7. The number of carbonyl (C=O) groups excluding carboxylic acids is 1. The Labute approximate surface area is 133 Å². The molecule has 1 aromatic heterocycles. The first-order valence-corrected chi connectivity index (χ1v) is 7.31. The largest absolute Gasteiger partial charge is 0.479 e. The number of morpholine rings is 1. The van der Waals surface area contributed by atoms with Crippen molar-refractivity contribution in [2.45, 2.75) is 12.5 Å². The maximum absolute atomic E-state index is 12.7. The Morgan fingerprint density at radius 1 is 1.22 bits per heavy atom. The van der Waals surface area contributed by atoms with Crippen LogP contribution in [0.1, 0.15) is 17.5 Å². The van der Waals surface area contributed by atoms with Gasteiger partial charge in [0.1, 0.15) is 0 Å². The summed E-state index contributed by atoms with van der Waals surface area (Å²) in [7, 11) is 0. The summed E-state index contributed by atoms with van der Waals surface area (Å²) in [5.74, 6) is -1.20. The number of carbonyl (C=O) groups is 2. The SMILES string of the molecule is CC1(C(=O)O)CN(C(=O)c2occc2-c2ccccc2)CCO1. The topological polar surface area (TPSA) is 80.0 Å². The molecule has 0 radical (unpaired) electrons. The maximum Gasteiger partial charge on any atom is 0.337 e. The minimum absolute atomic E-state index is 0.0178. The van der Waals surface area contributed by atoms with Gasteiger partial charge in [-0.15, -0.1) is 0 Å². The number of ether oxygens (including phenoxy) is 1. The fourth-order valence-electron chi connectivity index (χ4n) is 2.64. The van der Waals surface area contributed by atoms with E-state index in [-0.39, 0.29) is 24.8 Å². The van der Waals surface area contributed by atoms with Gasteiger partial charge < -0.3 is 19.2 Å². The van der Waals surface area contributed by atoms with Gasteiger partial charge in [-0.05, 0) is 18.6 Å². The van der Waals surface area contributed by atoms with Gasteiger partial charge in [-0.3, -0.25) is 4.79 Å². The van der Waals surface area contributed by atoms with Crippen molar-refractivity contribution in [1.82, 2.24) is 4.90 Å². The Bertz CT molecular complexity index is 724. The van der Waals surface area contributed by atoms with Gasteiger partial charge >= 0.3 is 5.97 Å². The Hall–Kier alpha value is -2.60. The zero-order valence-electron chi connectivity index (χ0n) is 12.7. The number of amides is 1. The predicted octanol–water partition coefficient (Wildman–Crippen LogP) is 2.26. The van der Waals surface area contributed by atoms with Gasteiger partial charge in [0.25, 0.3) is 5.91 Å². The van der Waals surface area contributed by atoms with Crippen LogP contribution in [0.15, 0.2) is 47.1 Å². The number of hydrogen-bond acceptors (Lipinski definition) is 4. The van der Waals surface area contributed by atoms with Crippen LogP contribution in [-0.4, -0.2) is 47.2 Å². The van der Waals surface area contributed by atoms with Crippen LogP contribution >= 0.6 is 0 Å². The van der Waals surface area contributed by atoms with E-state index in [1.165, 1.54) is 18.1 Å². The molecule has 1 unspecified atom stereocenters. The first-order valence-electron chi connectivity index (χ1n) is 7.31. The number of rotatable bonds is 3. The molecule has 1 saturated heterocycles. The predicted molar refractivity (Wildman–Crippen MR) is 82.0 cm³/mol. The highest BCUT2D eigenvalue weighted by atomic mass is 16.5. The van der Waals surface area contributed by atoms with Crippen LogP contribution in [0.5, 0.6) is 0 Å². The van der Waals surface area contributed by atoms with Crippen LogP contribution in [0.4, 0.5) is 0 Å². The summed E-state index contributed by atoms with van der Waals surface area (Å²) in [6.07, 6.45) is 1.46. The molecule has 120 valence electrons. The molecule has 0 aliphatic carbocycles. The molecule has 0 spiro atoms. The standard InChI is InChI=1S/C17H17NO5/c1-17(16(20)21)11-18(8-10-23-17)15(19)14-13(7-9-22-14)12-5-3-2-4-6-12/h2-7,9H,8,10-11H2,1H3,(H,20,21). The third-order valence-electron chi connectivity index (χ3n) is 3.96. The minimum atomic E-state index is -1.40. The quantitative estimate of drug-likeness (QED) is 0.940. The zero-order valence-corrected chi connectivity index (χ0v) is 12.7. The van der Waals surface area contributed by atoms with E-state index in [0.29, 0.717) is 12.1 Å². The van der Waals surface area contributed by atoms with Crippen molar-refractivity contribution in [3.05, 3.63) is 48.4 Å². The van der Waals surface area contributed by atoms with Crippen LogP contribution in [0.3, 0.4) is 0 Å². The van der Waals surface area contributed by atoms with E-state index in [9.17, 15) is 14.7 Å². The lowest BCUT2D eigenvalue weighted by Gasteiger charge is -2.37. The molecule has 1 amide bonds. The van der Waals surface area contributed by atoms with E-state index < -0.39 is 11.6 Å². The molecule has 6 heteroatoms. The summed E-state index contributed by atoms with van der Waals surface area (Å²) < 4.78 is 10.7. The van der Waals surface area contributed by atoms with Crippen molar-refractivity contribution in [2.75, 3.05) is 19.7 Å². The number of nitrogens with zero attached hydrogens (tertiary/aromatic N) is 1. The van der Waals surface area contributed by atoms with Crippen LogP contribution < -0.4 is 0 Å². The van der Waals surface area contributed by atoms with Crippen molar-refractivity contribution in [2.24, 2.45) is 0 Å². The number of benzene rings is 1. The van der Waals surface area contributed by atoms with E-state index in [1.54, 1.807) is 6.07 Å². The molecular formula is C17H17NO5. The van der Waals surface area contributed by atoms with Crippen LogP contribution in [-0.2, 0) is 9.53 Å². The Morgan fingerprint density at radius 2 is 1.96 bits per heavy atom. The summed E-state index contributed by atoms with van der Waals surface area (Å²) >= 11 is 0. The van der Waals surface area contributed by atoms with E-state index in [0.717, 1.165) is 5.56 Å². The number of carboxylic acids is 1. The van der Waals surface area contributed by atoms with Gasteiger partial charge in [-0.25, -0.2) is 4.79 Å². The van der Waals surface area contributed by atoms with Crippen LogP contribution in [0.25, 0.3) is 11.1 Å². The Morgan fingerprint density at radius 3 is 2.65 bits per heavy atom. The molecule has 1 aliphatic rings. The first-order chi connectivity index (χ1) is 11.0. The normalized spacial score (nSPS) is 21.2. The number of carboxylic acid groups (broad SMARTS) is 1. The summed E-state index contributed by atoms with van der Waals surface area (Å²) in [5.41, 5.74) is 0.172. The molecule has 0 bridgehead atoms. The highest BCUT2D eigenvalue weighted by Gasteiger charge is 2.41.